The molecule has 0 radical (unpaired) electrons. The Balaban J connectivity index is 3.87. The Kier molecular flexibility index (Phi) is 4.84. The van der Waals surface area contributed by atoms with Crippen molar-refractivity contribution in [3.05, 3.63) is 0 Å². The highest BCUT2D eigenvalue weighted by Crippen LogP contribution is 1.96. The number of rotatable bonds is 5. The third-order valence-corrected chi connectivity index (χ3v) is 2.84. The Morgan fingerprint density at radius 2 is 1.60 bits per heavy atom. The van der Waals surface area contributed by atoms with Crippen molar-refractivity contribution in [2.45, 2.75) is 11.8 Å². The smallest absolute Gasteiger partial charge is 0.120 e. The maximum absolute atomic E-state index is 5.56. The van der Waals surface area contributed by atoms with Gasteiger partial charge in [-0.25, -0.2) is 0 Å². The first-order valence-corrected chi connectivity index (χ1v) is 5.33. The first kappa shape index (κ1) is 10.1. The average molecular weight is 162 g/mol. The van der Waals surface area contributed by atoms with Gasteiger partial charge in [-0.1, -0.05) is 0 Å². The van der Waals surface area contributed by atoms with E-state index in [4.69, 9.17) is 5.40 Å². The highest BCUT2D eigenvalue weighted by molar-refractivity contribution is 6.31. The number of nitrogens with two attached hydrogens (primary N) is 1. The number of hydrogen-bond donors (Lipinski definition) is 4. The zero-order chi connectivity index (χ0) is 8.04. The lowest BCUT2D eigenvalue weighted by atomic mass is 10.4. The van der Waals surface area contributed by atoms with E-state index in [-0.39, 0.29) is 5.79 Å². The molecule has 10 heavy (non-hydrogen) atoms. The van der Waals surface area contributed by atoms with E-state index in [0.29, 0.717) is 0 Å². The molecule has 0 rings (SSSR count). The molecule has 0 unspecified atom stereocenters. The Morgan fingerprint density at radius 1 is 1.20 bits per heavy atom. The first-order chi connectivity index (χ1) is 4.74. The second-order valence-electron chi connectivity index (χ2n) is 2.19. The van der Waals surface area contributed by atoms with Crippen LogP contribution in [-0.2, 0) is 0 Å². The minimum atomic E-state index is -0.411. The molecule has 5 heteroatoms. The van der Waals surface area contributed by atoms with Crippen LogP contribution in [0.1, 0.15) is 0 Å². The van der Waals surface area contributed by atoms with Crippen LogP contribution >= 0.6 is 0 Å². The van der Waals surface area contributed by atoms with Crippen LogP contribution in [0, 0.1) is 0 Å². The Bertz CT molecular complexity index is 75.5. The molecule has 0 saturated heterocycles. The van der Waals surface area contributed by atoms with Gasteiger partial charge in [0.15, 0.2) is 0 Å². The second-order valence-corrected chi connectivity index (χ2v) is 3.27. The summed E-state index contributed by atoms with van der Waals surface area (Å²) in [7, 11) is 5.33. The minimum absolute atomic E-state index is 0.138. The van der Waals surface area contributed by atoms with Gasteiger partial charge in [0.2, 0.25) is 0 Å². The van der Waals surface area contributed by atoms with Crippen LogP contribution in [0.25, 0.3) is 0 Å². The molecule has 0 saturated carbocycles. The van der Waals surface area contributed by atoms with Gasteiger partial charge in [-0.3, -0.25) is 16.0 Å². The summed E-state index contributed by atoms with van der Waals surface area (Å²) >= 11 is 0. The van der Waals surface area contributed by atoms with Gasteiger partial charge in [0.25, 0.3) is 0 Å². The molecule has 0 aliphatic heterocycles. The summed E-state index contributed by atoms with van der Waals surface area (Å²) in [4.78, 5) is 0. The van der Waals surface area contributed by atoms with Crippen molar-refractivity contribution in [3.63, 3.8) is 0 Å². The molecule has 0 heterocycles. The predicted molar refractivity (Wildman–Crippen MR) is 47.4 cm³/mol. The summed E-state index contributed by atoms with van der Waals surface area (Å²) in [5, 5.41) is 15.0. The van der Waals surface area contributed by atoms with E-state index >= 15 is 0 Å². The second kappa shape index (κ2) is 4.81. The van der Waals surface area contributed by atoms with Crippen molar-refractivity contribution < 1.29 is 0 Å². The first-order valence-electron chi connectivity index (χ1n) is 3.51. The lowest BCUT2D eigenvalue weighted by molar-refractivity contribution is 0.275. The van der Waals surface area contributed by atoms with Gasteiger partial charge in [0, 0.05) is 0 Å². The van der Waals surface area contributed by atoms with E-state index in [9.17, 15) is 0 Å². The number of hydrogen-bond acceptors (Lipinski definition) is 4. The van der Waals surface area contributed by atoms with Crippen LogP contribution < -0.4 is 21.3 Å². The quantitative estimate of drug-likeness (QED) is 0.273. The van der Waals surface area contributed by atoms with E-state index < -0.39 is 9.68 Å². The number of nitrogens with one attached hydrogen (secondary N) is 3. The SMILES string of the molecule is CNC(C[SiH2]N)(NC)NC. The molecule has 0 fully saturated rings. The molecule has 5 N–H and O–H groups in total. The van der Waals surface area contributed by atoms with E-state index in [1.807, 2.05) is 21.1 Å². The van der Waals surface area contributed by atoms with Crippen molar-refractivity contribution in [1.82, 2.24) is 16.0 Å². The van der Waals surface area contributed by atoms with Gasteiger partial charge in [-0.05, 0) is 27.2 Å². The van der Waals surface area contributed by atoms with Crippen molar-refractivity contribution in [3.8, 4) is 0 Å². The highest BCUT2D eigenvalue weighted by Gasteiger charge is 2.21. The summed E-state index contributed by atoms with van der Waals surface area (Å²) in [5.74, 6) is -0.138. The summed E-state index contributed by atoms with van der Waals surface area (Å²) < 4.78 is 0. The maximum atomic E-state index is 5.56. The highest BCUT2D eigenvalue weighted by atomic mass is 28.2. The predicted octanol–water partition coefficient (Wildman–Crippen LogP) is -2.24. The molecule has 0 atom stereocenters. The topological polar surface area (TPSA) is 62.1 Å². The maximum Gasteiger partial charge on any atom is 0.120 e. The molecule has 0 aromatic carbocycles. The molecule has 0 aliphatic rings. The molecule has 62 valence electrons. The van der Waals surface area contributed by atoms with Gasteiger partial charge in [0.1, 0.15) is 5.79 Å². The van der Waals surface area contributed by atoms with Crippen LogP contribution in [-0.4, -0.2) is 36.6 Å². The zero-order valence-corrected chi connectivity index (χ0v) is 8.41. The van der Waals surface area contributed by atoms with Crippen LogP contribution in [0.5, 0.6) is 0 Å². The molecule has 0 amide bonds. The molecule has 0 spiro atoms. The average Bonchev–Trinajstić information content (AvgIpc) is 2.01. The Morgan fingerprint density at radius 3 is 1.70 bits per heavy atom. The third-order valence-electron chi connectivity index (χ3n) is 1.80. The largest absolute Gasteiger partial charge is 0.355 e. The summed E-state index contributed by atoms with van der Waals surface area (Å²) in [6, 6.07) is 0.997. The van der Waals surface area contributed by atoms with Crippen LogP contribution in [0.15, 0.2) is 0 Å². The van der Waals surface area contributed by atoms with E-state index in [2.05, 4.69) is 16.0 Å². The summed E-state index contributed by atoms with van der Waals surface area (Å²) in [6.45, 7) is 0. The van der Waals surface area contributed by atoms with Crippen LogP contribution in [0.2, 0.25) is 6.04 Å². The fourth-order valence-corrected chi connectivity index (χ4v) is 2.15. The minimum Gasteiger partial charge on any atom is -0.355 e. The van der Waals surface area contributed by atoms with E-state index in [0.717, 1.165) is 6.04 Å². The van der Waals surface area contributed by atoms with Gasteiger partial charge >= 0.3 is 0 Å². The summed E-state index contributed by atoms with van der Waals surface area (Å²) in [6.07, 6.45) is 0. The fourth-order valence-electron chi connectivity index (χ4n) is 0.967. The zero-order valence-electron chi connectivity index (χ0n) is 6.99. The van der Waals surface area contributed by atoms with Crippen molar-refractivity contribution >= 4 is 9.68 Å². The molecule has 0 aromatic heterocycles. The van der Waals surface area contributed by atoms with Gasteiger partial charge in [-0.15, -0.1) is 0 Å². The fraction of sp³-hybridized carbons (Fsp3) is 1.00. The normalized spacial score (nSPS) is 13.2. The van der Waals surface area contributed by atoms with E-state index in [1.165, 1.54) is 0 Å². The summed E-state index contributed by atoms with van der Waals surface area (Å²) in [5.41, 5.74) is 0. The van der Waals surface area contributed by atoms with E-state index in [1.54, 1.807) is 0 Å². The van der Waals surface area contributed by atoms with Crippen molar-refractivity contribution in [2.24, 2.45) is 5.40 Å². The lowest BCUT2D eigenvalue weighted by Gasteiger charge is -2.32. The Hall–Kier alpha value is 0.0569. The van der Waals surface area contributed by atoms with Gasteiger partial charge < -0.3 is 5.40 Å². The standard InChI is InChI=1S/C5H18N4Si/c1-7-5(8-2,9-3)4-10-6/h7-9H,4,6,10H2,1-3H3. The lowest BCUT2D eigenvalue weighted by Crippen LogP contribution is -2.63. The van der Waals surface area contributed by atoms with Gasteiger partial charge in [0.05, 0.1) is 9.68 Å². The van der Waals surface area contributed by atoms with Crippen molar-refractivity contribution in [2.75, 3.05) is 21.1 Å². The molecule has 4 nitrogen and oxygen atoms in total. The molecule has 0 bridgehead atoms. The van der Waals surface area contributed by atoms with Crippen LogP contribution in [0.4, 0.5) is 0 Å². The van der Waals surface area contributed by atoms with Crippen LogP contribution in [0.3, 0.4) is 0 Å². The molecule has 0 aliphatic carbocycles. The monoisotopic (exact) mass is 162 g/mol. The van der Waals surface area contributed by atoms with Gasteiger partial charge in [-0.2, -0.15) is 0 Å². The molecular weight excluding hydrogens is 144 g/mol. The van der Waals surface area contributed by atoms with Crippen molar-refractivity contribution in [1.29, 1.82) is 0 Å². The molecular formula is C5H18N4Si. The third kappa shape index (κ3) is 2.35. The Labute approximate surface area is 64.8 Å². The molecule has 0 aromatic rings.